The molecule has 90 valence electrons. The van der Waals surface area contributed by atoms with Crippen LogP contribution in [0.3, 0.4) is 0 Å². The fraction of sp³-hybridized carbons (Fsp3) is 0.125. The van der Waals surface area contributed by atoms with Crippen molar-refractivity contribution >= 4 is 50.1 Å². The van der Waals surface area contributed by atoms with Crippen molar-refractivity contribution in [3.8, 4) is 0 Å². The summed E-state index contributed by atoms with van der Waals surface area (Å²) in [5, 5.41) is 2.62. The van der Waals surface area contributed by atoms with Gasteiger partial charge in [0.2, 0.25) is 0 Å². The van der Waals surface area contributed by atoms with Gasteiger partial charge in [0.25, 0.3) is 0 Å². The first-order valence-corrected chi connectivity index (χ1v) is 7.02. The van der Waals surface area contributed by atoms with Crippen molar-refractivity contribution in [2.24, 2.45) is 0 Å². The average molecular weight is 347 g/mol. The first-order valence-electron chi connectivity index (χ1n) is 5.94. The van der Waals surface area contributed by atoms with E-state index < -0.39 is 0 Å². The van der Waals surface area contributed by atoms with Gasteiger partial charge in [-0.3, -0.25) is 0 Å². The van der Waals surface area contributed by atoms with Crippen LogP contribution in [0.2, 0.25) is 0 Å². The van der Waals surface area contributed by atoms with E-state index in [1.54, 1.807) is 0 Å². The molecule has 1 aromatic heterocycles. The Morgan fingerprint density at radius 1 is 1.06 bits per heavy atom. The number of fused-ring (bicyclic) bond motifs is 3. The Morgan fingerprint density at radius 3 is 2.33 bits per heavy atom. The first-order chi connectivity index (χ1) is 8.58. The van der Waals surface area contributed by atoms with E-state index in [-0.39, 0.29) is 0 Å². The van der Waals surface area contributed by atoms with Gasteiger partial charge in [-0.15, -0.1) is 0 Å². The molecule has 1 nitrogen and oxygen atoms in total. The summed E-state index contributed by atoms with van der Waals surface area (Å²) in [6.07, 6.45) is 0. The molecule has 0 unspecified atom stereocenters. The van der Waals surface area contributed by atoms with E-state index in [4.69, 9.17) is 0 Å². The SMILES string of the molecule is C=C(C)n1c2ccc(C)cc2c2cc(I)ccc21. The van der Waals surface area contributed by atoms with Gasteiger partial charge in [-0.2, -0.15) is 0 Å². The summed E-state index contributed by atoms with van der Waals surface area (Å²) in [6, 6.07) is 13.2. The molecule has 0 fully saturated rings. The topological polar surface area (TPSA) is 4.93 Å². The van der Waals surface area contributed by atoms with Crippen LogP contribution in [0.1, 0.15) is 12.5 Å². The summed E-state index contributed by atoms with van der Waals surface area (Å²) in [4.78, 5) is 0. The van der Waals surface area contributed by atoms with Crippen molar-refractivity contribution in [2.45, 2.75) is 13.8 Å². The third-order valence-electron chi connectivity index (χ3n) is 3.26. The summed E-state index contributed by atoms with van der Waals surface area (Å²) in [5.41, 5.74) is 4.83. The van der Waals surface area contributed by atoms with Crippen molar-refractivity contribution < 1.29 is 0 Å². The molecule has 0 N–H and O–H groups in total. The second kappa shape index (κ2) is 4.12. The number of hydrogen-bond acceptors (Lipinski definition) is 0. The molecule has 0 aliphatic heterocycles. The first kappa shape index (κ1) is 11.8. The Bertz CT molecular complexity index is 721. The molecule has 0 saturated heterocycles. The molecule has 0 radical (unpaired) electrons. The Morgan fingerprint density at radius 2 is 1.67 bits per heavy atom. The smallest absolute Gasteiger partial charge is 0.0538 e. The molecule has 0 aliphatic carbocycles. The number of aromatic nitrogens is 1. The van der Waals surface area contributed by atoms with Gasteiger partial charge in [-0.05, 0) is 66.8 Å². The van der Waals surface area contributed by atoms with Gasteiger partial charge in [0.15, 0.2) is 0 Å². The maximum atomic E-state index is 4.10. The third kappa shape index (κ3) is 1.67. The fourth-order valence-corrected chi connectivity index (χ4v) is 3.01. The van der Waals surface area contributed by atoms with Gasteiger partial charge >= 0.3 is 0 Å². The molecule has 2 aromatic carbocycles. The summed E-state index contributed by atoms with van der Waals surface area (Å²) >= 11 is 2.36. The Kier molecular flexibility index (Phi) is 2.70. The number of nitrogens with zero attached hydrogens (tertiary/aromatic N) is 1. The van der Waals surface area contributed by atoms with Crippen molar-refractivity contribution in [1.82, 2.24) is 4.57 Å². The van der Waals surface area contributed by atoms with E-state index in [9.17, 15) is 0 Å². The monoisotopic (exact) mass is 347 g/mol. The summed E-state index contributed by atoms with van der Waals surface area (Å²) in [6.45, 7) is 8.29. The van der Waals surface area contributed by atoms with E-state index in [1.165, 1.54) is 30.9 Å². The molecule has 0 atom stereocenters. The van der Waals surface area contributed by atoms with Gasteiger partial charge in [0, 0.05) is 20.0 Å². The average Bonchev–Trinajstić information content (AvgIpc) is 2.62. The molecule has 3 aromatic rings. The van der Waals surface area contributed by atoms with Gasteiger partial charge in [-0.25, -0.2) is 0 Å². The molecule has 0 bridgehead atoms. The zero-order valence-corrected chi connectivity index (χ0v) is 12.7. The molecule has 3 rings (SSSR count). The number of allylic oxidation sites excluding steroid dienone is 1. The van der Waals surface area contributed by atoms with Crippen molar-refractivity contribution in [1.29, 1.82) is 0 Å². The van der Waals surface area contributed by atoms with E-state index >= 15 is 0 Å². The predicted octanol–water partition coefficient (Wildman–Crippen LogP) is 5.20. The zero-order chi connectivity index (χ0) is 12.9. The highest BCUT2D eigenvalue weighted by atomic mass is 127. The Labute approximate surface area is 120 Å². The Balaban J connectivity index is 2.60. The number of aryl methyl sites for hydroxylation is 1. The van der Waals surface area contributed by atoms with Crippen LogP contribution < -0.4 is 0 Å². The van der Waals surface area contributed by atoms with Gasteiger partial charge in [0.05, 0.1) is 11.0 Å². The molecule has 0 saturated carbocycles. The van der Waals surface area contributed by atoms with E-state index in [2.05, 4.69) is 84.0 Å². The molecule has 2 heteroatoms. The molecule has 1 heterocycles. The highest BCUT2D eigenvalue weighted by Crippen LogP contribution is 2.32. The second-order valence-electron chi connectivity index (χ2n) is 4.75. The van der Waals surface area contributed by atoms with Crippen LogP contribution in [0.15, 0.2) is 43.0 Å². The third-order valence-corrected chi connectivity index (χ3v) is 3.94. The highest BCUT2D eigenvalue weighted by molar-refractivity contribution is 14.1. The maximum absolute atomic E-state index is 4.10. The lowest BCUT2D eigenvalue weighted by Crippen LogP contribution is -1.91. The fourth-order valence-electron chi connectivity index (χ4n) is 2.52. The summed E-state index contributed by atoms with van der Waals surface area (Å²) in [7, 11) is 0. The van der Waals surface area contributed by atoms with Crippen LogP contribution in [0.25, 0.3) is 27.5 Å². The lowest BCUT2D eigenvalue weighted by atomic mass is 10.1. The second-order valence-corrected chi connectivity index (χ2v) is 6.00. The maximum Gasteiger partial charge on any atom is 0.0538 e. The highest BCUT2D eigenvalue weighted by Gasteiger charge is 2.11. The van der Waals surface area contributed by atoms with Crippen LogP contribution in [0, 0.1) is 10.5 Å². The van der Waals surface area contributed by atoms with Gasteiger partial charge in [-0.1, -0.05) is 18.2 Å². The molecule has 0 aliphatic rings. The predicted molar refractivity (Wildman–Crippen MR) is 87.9 cm³/mol. The van der Waals surface area contributed by atoms with E-state index in [0.29, 0.717) is 0 Å². The van der Waals surface area contributed by atoms with Gasteiger partial charge in [0.1, 0.15) is 0 Å². The van der Waals surface area contributed by atoms with Crippen LogP contribution >= 0.6 is 22.6 Å². The van der Waals surface area contributed by atoms with Crippen LogP contribution in [0.5, 0.6) is 0 Å². The zero-order valence-electron chi connectivity index (χ0n) is 10.5. The van der Waals surface area contributed by atoms with Crippen LogP contribution in [-0.4, -0.2) is 4.57 Å². The van der Waals surface area contributed by atoms with Crippen molar-refractivity contribution in [2.75, 3.05) is 0 Å². The normalized spacial score (nSPS) is 11.3. The van der Waals surface area contributed by atoms with Crippen molar-refractivity contribution in [3.05, 3.63) is 52.1 Å². The van der Waals surface area contributed by atoms with Crippen LogP contribution in [0.4, 0.5) is 0 Å². The molecular formula is C16H14IN. The van der Waals surface area contributed by atoms with Crippen LogP contribution in [-0.2, 0) is 0 Å². The Hall–Kier alpha value is -1.29. The summed E-state index contributed by atoms with van der Waals surface area (Å²) in [5.74, 6) is 0. The molecule has 0 spiro atoms. The minimum Gasteiger partial charge on any atom is -0.314 e. The number of halogens is 1. The number of benzene rings is 2. The molecule has 18 heavy (non-hydrogen) atoms. The lowest BCUT2D eigenvalue weighted by molar-refractivity contribution is 1.21. The van der Waals surface area contributed by atoms with Gasteiger partial charge < -0.3 is 4.57 Å². The minimum absolute atomic E-state index is 1.06. The van der Waals surface area contributed by atoms with Crippen molar-refractivity contribution in [3.63, 3.8) is 0 Å². The number of rotatable bonds is 1. The number of hydrogen-bond donors (Lipinski definition) is 0. The molecule has 0 amide bonds. The largest absolute Gasteiger partial charge is 0.314 e. The standard InChI is InChI=1S/C16H14IN/c1-10(2)18-15-6-4-11(3)8-13(15)14-9-12(17)5-7-16(14)18/h4-9H,1H2,2-3H3. The minimum atomic E-state index is 1.06. The lowest BCUT2D eigenvalue weighted by Gasteiger charge is -2.05. The quantitative estimate of drug-likeness (QED) is 0.534. The van der Waals surface area contributed by atoms with E-state index in [1.807, 2.05) is 0 Å². The summed E-state index contributed by atoms with van der Waals surface area (Å²) < 4.78 is 3.50. The molecular weight excluding hydrogens is 333 g/mol. The van der Waals surface area contributed by atoms with E-state index in [0.717, 1.165) is 5.70 Å².